The van der Waals surface area contributed by atoms with Crippen LogP contribution in [0.2, 0.25) is 0 Å². The number of carbonyl (C=O) groups is 2. The molecule has 0 radical (unpaired) electrons. The standard InChI is InChI=1S/C17H28N4O2/c1-21(2)13-15(14-9-5-3-6-10-14)20-16(22)11-7-4-8-12-19-17(18)23/h3,5-6,9-10,15H,4,7-8,11-13H2,1-2H3,(H,20,22)(H3,18,19,23)/t15-/m0/s1. The van der Waals surface area contributed by atoms with E-state index < -0.39 is 6.03 Å². The molecule has 1 aromatic rings. The van der Waals surface area contributed by atoms with E-state index in [9.17, 15) is 9.59 Å². The van der Waals surface area contributed by atoms with Crippen LogP contribution in [0.15, 0.2) is 30.3 Å². The van der Waals surface area contributed by atoms with Crippen LogP contribution in [0.3, 0.4) is 0 Å². The molecule has 0 fully saturated rings. The molecule has 1 aromatic carbocycles. The third-order valence-corrected chi connectivity index (χ3v) is 3.46. The first-order valence-corrected chi connectivity index (χ1v) is 8.01. The van der Waals surface area contributed by atoms with E-state index in [0.717, 1.165) is 31.4 Å². The summed E-state index contributed by atoms with van der Waals surface area (Å²) < 4.78 is 0. The quantitative estimate of drug-likeness (QED) is 0.573. The van der Waals surface area contributed by atoms with Crippen LogP contribution in [0.5, 0.6) is 0 Å². The largest absolute Gasteiger partial charge is 0.352 e. The Hall–Kier alpha value is -2.08. The van der Waals surface area contributed by atoms with Crippen LogP contribution < -0.4 is 16.4 Å². The highest BCUT2D eigenvalue weighted by molar-refractivity contribution is 5.76. The number of hydrogen-bond acceptors (Lipinski definition) is 3. The fourth-order valence-corrected chi connectivity index (χ4v) is 2.35. The molecule has 0 aliphatic carbocycles. The maximum Gasteiger partial charge on any atom is 0.312 e. The van der Waals surface area contributed by atoms with Crippen LogP contribution in [0, 0.1) is 0 Å². The first-order chi connectivity index (χ1) is 11.0. The van der Waals surface area contributed by atoms with Gasteiger partial charge in [-0.3, -0.25) is 4.79 Å². The molecule has 3 amide bonds. The summed E-state index contributed by atoms with van der Waals surface area (Å²) in [6.45, 7) is 1.32. The molecule has 128 valence electrons. The van der Waals surface area contributed by atoms with Crippen molar-refractivity contribution in [3.63, 3.8) is 0 Å². The van der Waals surface area contributed by atoms with Gasteiger partial charge in [-0.1, -0.05) is 36.8 Å². The molecule has 0 aliphatic rings. The van der Waals surface area contributed by atoms with Gasteiger partial charge in [-0.25, -0.2) is 4.79 Å². The van der Waals surface area contributed by atoms with Gasteiger partial charge in [-0.15, -0.1) is 0 Å². The molecule has 0 saturated heterocycles. The third kappa shape index (κ3) is 8.83. The predicted octanol–water partition coefficient (Wildman–Crippen LogP) is 1.63. The highest BCUT2D eigenvalue weighted by Crippen LogP contribution is 2.14. The summed E-state index contributed by atoms with van der Waals surface area (Å²) in [7, 11) is 3.99. The summed E-state index contributed by atoms with van der Waals surface area (Å²) in [5.41, 5.74) is 6.10. The lowest BCUT2D eigenvalue weighted by Crippen LogP contribution is -2.35. The van der Waals surface area contributed by atoms with Gasteiger partial charge in [0.1, 0.15) is 0 Å². The fraction of sp³-hybridized carbons (Fsp3) is 0.529. The van der Waals surface area contributed by atoms with Gasteiger partial charge in [0.05, 0.1) is 6.04 Å². The molecule has 6 heteroatoms. The van der Waals surface area contributed by atoms with Gasteiger partial charge in [0, 0.05) is 19.5 Å². The van der Waals surface area contributed by atoms with Crippen LogP contribution >= 0.6 is 0 Å². The monoisotopic (exact) mass is 320 g/mol. The fourth-order valence-electron chi connectivity index (χ4n) is 2.35. The number of amides is 3. The average molecular weight is 320 g/mol. The van der Waals surface area contributed by atoms with Gasteiger partial charge in [0.2, 0.25) is 5.91 Å². The lowest BCUT2D eigenvalue weighted by Gasteiger charge is -2.23. The second kappa shape index (κ2) is 10.6. The van der Waals surface area contributed by atoms with Crippen molar-refractivity contribution in [2.75, 3.05) is 27.2 Å². The van der Waals surface area contributed by atoms with Crippen molar-refractivity contribution in [3.8, 4) is 0 Å². The van der Waals surface area contributed by atoms with Gasteiger partial charge < -0.3 is 21.3 Å². The smallest absolute Gasteiger partial charge is 0.312 e. The van der Waals surface area contributed by atoms with Crippen molar-refractivity contribution in [3.05, 3.63) is 35.9 Å². The van der Waals surface area contributed by atoms with Crippen molar-refractivity contribution >= 4 is 11.9 Å². The topological polar surface area (TPSA) is 87.5 Å². The van der Waals surface area contributed by atoms with Crippen molar-refractivity contribution in [1.29, 1.82) is 0 Å². The number of urea groups is 1. The molecule has 1 atom stereocenters. The van der Waals surface area contributed by atoms with E-state index in [4.69, 9.17) is 5.73 Å². The Labute approximate surface area is 138 Å². The Bertz CT molecular complexity index is 477. The number of nitrogens with one attached hydrogen (secondary N) is 2. The van der Waals surface area contributed by atoms with Gasteiger partial charge in [-0.2, -0.15) is 0 Å². The zero-order valence-corrected chi connectivity index (χ0v) is 14.0. The zero-order chi connectivity index (χ0) is 17.1. The highest BCUT2D eigenvalue weighted by Gasteiger charge is 2.14. The summed E-state index contributed by atoms with van der Waals surface area (Å²) in [5.74, 6) is 0.0589. The average Bonchev–Trinajstić information content (AvgIpc) is 2.50. The van der Waals surface area contributed by atoms with Crippen molar-refractivity contribution in [2.45, 2.75) is 31.7 Å². The Morgan fingerprint density at radius 1 is 1.13 bits per heavy atom. The van der Waals surface area contributed by atoms with E-state index in [1.807, 2.05) is 44.4 Å². The summed E-state index contributed by atoms with van der Waals surface area (Å²) in [6, 6.07) is 9.49. The van der Waals surface area contributed by atoms with Crippen LogP contribution in [0.1, 0.15) is 37.3 Å². The summed E-state index contributed by atoms with van der Waals surface area (Å²) in [6.07, 6.45) is 3.01. The maximum atomic E-state index is 12.1. The molecule has 0 heterocycles. The number of hydrogen-bond donors (Lipinski definition) is 3. The van der Waals surface area contributed by atoms with Crippen molar-refractivity contribution in [1.82, 2.24) is 15.5 Å². The molecule has 1 rings (SSSR count). The first-order valence-electron chi connectivity index (χ1n) is 8.01. The number of nitrogens with two attached hydrogens (primary N) is 1. The van der Waals surface area contributed by atoms with E-state index in [0.29, 0.717) is 13.0 Å². The second-order valence-corrected chi connectivity index (χ2v) is 5.89. The number of rotatable bonds is 10. The van der Waals surface area contributed by atoms with Crippen LogP contribution in [0.25, 0.3) is 0 Å². The molecule has 0 aliphatic heterocycles. The van der Waals surface area contributed by atoms with E-state index in [1.165, 1.54) is 0 Å². The molecular formula is C17H28N4O2. The second-order valence-electron chi connectivity index (χ2n) is 5.89. The normalized spacial score (nSPS) is 12.0. The number of benzene rings is 1. The molecule has 4 N–H and O–H groups in total. The number of likely N-dealkylation sites (N-methyl/N-ethyl adjacent to an activating group) is 1. The van der Waals surface area contributed by atoms with Crippen LogP contribution in [-0.2, 0) is 4.79 Å². The Kier molecular flexibility index (Phi) is 8.75. The number of nitrogens with zero attached hydrogens (tertiary/aromatic N) is 1. The predicted molar refractivity (Wildman–Crippen MR) is 91.9 cm³/mol. The van der Waals surface area contributed by atoms with Crippen LogP contribution in [0.4, 0.5) is 4.79 Å². The lowest BCUT2D eigenvalue weighted by molar-refractivity contribution is -0.122. The minimum Gasteiger partial charge on any atom is -0.352 e. The van der Waals surface area contributed by atoms with Gasteiger partial charge >= 0.3 is 6.03 Å². The molecular weight excluding hydrogens is 292 g/mol. The number of primary amides is 1. The zero-order valence-electron chi connectivity index (χ0n) is 14.0. The highest BCUT2D eigenvalue weighted by atomic mass is 16.2. The minimum atomic E-state index is -0.503. The van der Waals surface area contributed by atoms with E-state index in [1.54, 1.807) is 0 Å². The van der Waals surface area contributed by atoms with Crippen molar-refractivity contribution in [2.24, 2.45) is 5.73 Å². The van der Waals surface area contributed by atoms with E-state index in [-0.39, 0.29) is 11.9 Å². The summed E-state index contributed by atoms with van der Waals surface area (Å²) in [4.78, 5) is 24.7. The minimum absolute atomic E-state index is 0.00442. The Morgan fingerprint density at radius 3 is 2.43 bits per heavy atom. The molecule has 0 unspecified atom stereocenters. The number of carbonyl (C=O) groups excluding carboxylic acids is 2. The molecule has 0 saturated carbocycles. The summed E-state index contributed by atoms with van der Waals surface area (Å²) >= 11 is 0. The maximum absolute atomic E-state index is 12.1. The molecule has 0 aromatic heterocycles. The van der Waals surface area contributed by atoms with Crippen molar-refractivity contribution < 1.29 is 9.59 Å². The Balaban J connectivity index is 2.35. The van der Waals surface area contributed by atoms with Gasteiger partial charge in [0.25, 0.3) is 0 Å². The lowest BCUT2D eigenvalue weighted by atomic mass is 10.1. The van der Waals surface area contributed by atoms with E-state index >= 15 is 0 Å². The van der Waals surface area contributed by atoms with E-state index in [2.05, 4.69) is 15.5 Å². The SMILES string of the molecule is CN(C)C[C@H](NC(=O)CCCCCNC(N)=O)c1ccccc1. The third-order valence-electron chi connectivity index (χ3n) is 3.46. The summed E-state index contributed by atoms with van der Waals surface area (Å²) in [5, 5.41) is 5.65. The van der Waals surface area contributed by atoms with Crippen LogP contribution in [-0.4, -0.2) is 44.0 Å². The van der Waals surface area contributed by atoms with Gasteiger partial charge in [0.15, 0.2) is 0 Å². The molecule has 6 nitrogen and oxygen atoms in total. The number of unbranched alkanes of at least 4 members (excludes halogenated alkanes) is 2. The molecule has 0 bridgehead atoms. The first kappa shape index (κ1) is 19.0. The van der Waals surface area contributed by atoms with Gasteiger partial charge in [-0.05, 0) is 32.5 Å². The molecule has 0 spiro atoms. The molecule has 23 heavy (non-hydrogen) atoms. The Morgan fingerprint density at radius 2 is 1.83 bits per heavy atom.